The van der Waals surface area contributed by atoms with E-state index in [4.69, 9.17) is 5.84 Å². The summed E-state index contributed by atoms with van der Waals surface area (Å²) in [4.78, 5) is 0.193. The van der Waals surface area contributed by atoms with E-state index in [1.165, 1.54) is 12.1 Å². The molecule has 20 heavy (non-hydrogen) atoms. The molecule has 0 aromatic heterocycles. The minimum absolute atomic E-state index is 0.193. The Morgan fingerprint density at radius 3 is 2.35 bits per heavy atom. The van der Waals surface area contributed by atoms with E-state index in [-0.39, 0.29) is 4.90 Å². The van der Waals surface area contributed by atoms with Crippen molar-refractivity contribution in [2.75, 3.05) is 10.1 Å². The van der Waals surface area contributed by atoms with Gasteiger partial charge < -0.3 is 5.43 Å². The molecule has 0 unspecified atom stereocenters. The molecular weight excluding hydrogens is 274 g/mol. The van der Waals surface area contributed by atoms with Gasteiger partial charge in [0.25, 0.3) is 10.0 Å². The fourth-order valence-corrected chi connectivity index (χ4v) is 2.85. The smallest absolute Gasteiger partial charge is 0.261 e. The molecule has 0 aliphatic carbocycles. The molecular formula is C14H17N3O2S. The summed E-state index contributed by atoms with van der Waals surface area (Å²) >= 11 is 0. The highest BCUT2D eigenvalue weighted by Crippen LogP contribution is 2.18. The van der Waals surface area contributed by atoms with Crippen molar-refractivity contribution in [2.45, 2.75) is 18.2 Å². The van der Waals surface area contributed by atoms with Crippen molar-refractivity contribution in [3.8, 4) is 0 Å². The van der Waals surface area contributed by atoms with E-state index in [1.54, 1.807) is 18.2 Å². The largest absolute Gasteiger partial charge is 0.324 e. The highest BCUT2D eigenvalue weighted by Gasteiger charge is 2.13. The third-order valence-corrected chi connectivity index (χ3v) is 4.32. The number of nitrogens with two attached hydrogens (primary N) is 1. The maximum atomic E-state index is 12.2. The number of anilines is 2. The monoisotopic (exact) mass is 291 g/mol. The number of hydrogen-bond acceptors (Lipinski definition) is 4. The average molecular weight is 291 g/mol. The number of sulfonamides is 1. The van der Waals surface area contributed by atoms with Gasteiger partial charge in [0.15, 0.2) is 0 Å². The Kier molecular flexibility index (Phi) is 4.26. The lowest BCUT2D eigenvalue weighted by Crippen LogP contribution is -2.13. The first-order valence-electron chi connectivity index (χ1n) is 6.23. The third kappa shape index (κ3) is 3.28. The number of nitrogens with one attached hydrogen (secondary N) is 2. The first-order valence-corrected chi connectivity index (χ1v) is 7.72. The van der Waals surface area contributed by atoms with Crippen LogP contribution in [0.4, 0.5) is 11.4 Å². The van der Waals surface area contributed by atoms with E-state index >= 15 is 0 Å². The normalized spacial score (nSPS) is 11.1. The quantitative estimate of drug-likeness (QED) is 0.583. The zero-order valence-corrected chi connectivity index (χ0v) is 11.9. The zero-order chi connectivity index (χ0) is 14.6. The van der Waals surface area contributed by atoms with Gasteiger partial charge in [-0.2, -0.15) is 0 Å². The lowest BCUT2D eigenvalue weighted by atomic mass is 10.1. The number of benzene rings is 2. The Hall–Kier alpha value is -2.05. The number of aryl methyl sites for hydroxylation is 1. The van der Waals surface area contributed by atoms with Gasteiger partial charge in [0.2, 0.25) is 0 Å². The summed E-state index contributed by atoms with van der Waals surface area (Å²) in [5.41, 5.74) is 4.74. The second-order valence-corrected chi connectivity index (χ2v) is 6.01. The van der Waals surface area contributed by atoms with Crippen LogP contribution in [0.25, 0.3) is 0 Å². The fraction of sp³-hybridized carbons (Fsp3) is 0.143. The number of hydrogen-bond donors (Lipinski definition) is 3. The molecule has 0 fully saturated rings. The van der Waals surface area contributed by atoms with Crippen molar-refractivity contribution >= 4 is 21.4 Å². The minimum Gasteiger partial charge on any atom is -0.324 e. The molecule has 0 radical (unpaired) electrons. The highest BCUT2D eigenvalue weighted by molar-refractivity contribution is 7.92. The average Bonchev–Trinajstić information content (AvgIpc) is 2.47. The molecule has 0 atom stereocenters. The molecule has 0 amide bonds. The molecule has 2 rings (SSSR count). The standard InChI is InChI=1S/C14H17N3O2S/c1-2-11-4-3-5-13(10-11)17-20(18,19)14-8-6-12(16-15)7-9-14/h3-10,16-17H,2,15H2,1H3. The number of nitrogen functional groups attached to an aromatic ring is 1. The summed E-state index contributed by atoms with van der Waals surface area (Å²) in [5.74, 6) is 5.25. The van der Waals surface area contributed by atoms with Crippen LogP contribution in [0.2, 0.25) is 0 Å². The molecule has 4 N–H and O–H groups in total. The van der Waals surface area contributed by atoms with Crippen LogP contribution in [0, 0.1) is 0 Å². The fourth-order valence-electron chi connectivity index (χ4n) is 1.80. The van der Waals surface area contributed by atoms with Crippen molar-refractivity contribution in [3.63, 3.8) is 0 Å². The van der Waals surface area contributed by atoms with Crippen molar-refractivity contribution in [1.29, 1.82) is 0 Å². The Morgan fingerprint density at radius 1 is 1.05 bits per heavy atom. The van der Waals surface area contributed by atoms with Gasteiger partial charge in [0.05, 0.1) is 4.90 Å². The first-order chi connectivity index (χ1) is 9.55. The predicted octanol–water partition coefficient (Wildman–Crippen LogP) is 2.34. The van der Waals surface area contributed by atoms with E-state index < -0.39 is 10.0 Å². The van der Waals surface area contributed by atoms with Crippen molar-refractivity contribution < 1.29 is 8.42 Å². The molecule has 0 saturated carbocycles. The summed E-state index contributed by atoms with van der Waals surface area (Å²) < 4.78 is 27.0. The molecule has 0 bridgehead atoms. The SMILES string of the molecule is CCc1cccc(NS(=O)(=O)c2ccc(NN)cc2)c1. The van der Waals surface area contributed by atoms with Gasteiger partial charge in [-0.1, -0.05) is 19.1 Å². The first kappa shape index (κ1) is 14.4. The maximum absolute atomic E-state index is 12.2. The van der Waals surface area contributed by atoms with Gasteiger partial charge in [-0.05, 0) is 48.4 Å². The summed E-state index contributed by atoms with van der Waals surface area (Å²) in [6, 6.07) is 13.6. The second-order valence-electron chi connectivity index (χ2n) is 4.33. The Labute approximate surface area is 118 Å². The van der Waals surface area contributed by atoms with E-state index in [2.05, 4.69) is 10.1 Å². The Bertz CT molecular complexity index is 682. The van der Waals surface area contributed by atoms with Crippen LogP contribution in [0.3, 0.4) is 0 Å². The molecule has 0 saturated heterocycles. The molecule has 0 heterocycles. The molecule has 2 aromatic rings. The van der Waals surface area contributed by atoms with Gasteiger partial charge in [-0.25, -0.2) is 8.42 Å². The lowest BCUT2D eigenvalue weighted by molar-refractivity contribution is 0.601. The molecule has 5 nitrogen and oxygen atoms in total. The molecule has 6 heteroatoms. The number of hydrazine groups is 1. The topological polar surface area (TPSA) is 84.2 Å². The van der Waals surface area contributed by atoms with Gasteiger partial charge in [-0.15, -0.1) is 0 Å². The summed E-state index contributed by atoms with van der Waals surface area (Å²) in [6.07, 6.45) is 0.854. The van der Waals surface area contributed by atoms with Gasteiger partial charge in [0.1, 0.15) is 0 Å². The summed E-state index contributed by atoms with van der Waals surface area (Å²) in [6.45, 7) is 2.02. The summed E-state index contributed by atoms with van der Waals surface area (Å²) in [5, 5.41) is 0. The molecule has 2 aromatic carbocycles. The zero-order valence-electron chi connectivity index (χ0n) is 11.1. The molecule has 0 aliphatic rings. The highest BCUT2D eigenvalue weighted by atomic mass is 32.2. The van der Waals surface area contributed by atoms with Gasteiger partial charge >= 0.3 is 0 Å². The van der Waals surface area contributed by atoms with Crippen molar-refractivity contribution in [2.24, 2.45) is 5.84 Å². The lowest BCUT2D eigenvalue weighted by Gasteiger charge is -2.09. The second kappa shape index (κ2) is 5.94. The van der Waals surface area contributed by atoms with Gasteiger partial charge in [-0.3, -0.25) is 10.6 Å². The number of rotatable bonds is 5. The maximum Gasteiger partial charge on any atom is 0.261 e. The van der Waals surface area contributed by atoms with Gasteiger partial charge in [0, 0.05) is 11.4 Å². The minimum atomic E-state index is -3.58. The van der Waals surface area contributed by atoms with E-state index in [9.17, 15) is 8.42 Å². The van der Waals surface area contributed by atoms with E-state index in [0.717, 1.165) is 12.0 Å². The van der Waals surface area contributed by atoms with Crippen LogP contribution in [0.5, 0.6) is 0 Å². The molecule has 0 aliphatic heterocycles. The van der Waals surface area contributed by atoms with Crippen LogP contribution in [-0.4, -0.2) is 8.42 Å². The molecule has 0 spiro atoms. The molecule has 106 valence electrons. The van der Waals surface area contributed by atoms with Crippen molar-refractivity contribution in [1.82, 2.24) is 0 Å². The van der Waals surface area contributed by atoms with Crippen molar-refractivity contribution in [3.05, 3.63) is 54.1 Å². The summed E-state index contributed by atoms with van der Waals surface area (Å²) in [7, 11) is -3.58. The van der Waals surface area contributed by atoms with E-state index in [0.29, 0.717) is 11.4 Å². The van der Waals surface area contributed by atoms with Crippen LogP contribution in [0.15, 0.2) is 53.4 Å². The van der Waals surface area contributed by atoms with E-state index in [1.807, 2.05) is 25.1 Å². The predicted molar refractivity (Wildman–Crippen MR) is 80.9 cm³/mol. The van der Waals surface area contributed by atoms with Crippen LogP contribution in [-0.2, 0) is 16.4 Å². The van der Waals surface area contributed by atoms with Crippen LogP contribution < -0.4 is 16.0 Å². The van der Waals surface area contributed by atoms with Crippen LogP contribution >= 0.6 is 0 Å². The third-order valence-electron chi connectivity index (χ3n) is 2.92. The Morgan fingerprint density at radius 2 is 1.75 bits per heavy atom. The van der Waals surface area contributed by atoms with Crippen LogP contribution in [0.1, 0.15) is 12.5 Å². The Balaban J connectivity index is 2.25.